The normalized spacial score (nSPS) is 19.7. The minimum absolute atomic E-state index is 0.00645. The van der Waals surface area contributed by atoms with Crippen molar-refractivity contribution >= 4 is 5.91 Å². The van der Waals surface area contributed by atoms with Crippen LogP contribution in [0.3, 0.4) is 0 Å². The zero-order chi connectivity index (χ0) is 18.0. The molecule has 2 aromatic heterocycles. The average molecular weight is 352 g/mol. The number of pyridine rings is 1. The quantitative estimate of drug-likeness (QED) is 0.722. The Labute approximate surface area is 149 Å². The molecule has 1 amide bonds. The van der Waals surface area contributed by atoms with E-state index in [0.717, 1.165) is 11.1 Å². The third-order valence-electron chi connectivity index (χ3n) is 4.50. The lowest BCUT2D eigenvalue weighted by Gasteiger charge is -2.18. The van der Waals surface area contributed by atoms with Crippen LogP contribution in [-0.2, 0) is 16.9 Å². The summed E-state index contributed by atoms with van der Waals surface area (Å²) >= 11 is 0. The Kier molecular flexibility index (Phi) is 4.20. The SMILES string of the molecule is O=C(Cc1cccnc1)N1CCC(F)(c2noc(-c3ccccc3)n2)C1. The molecule has 1 aliphatic heterocycles. The van der Waals surface area contributed by atoms with Gasteiger partial charge in [-0.3, -0.25) is 9.78 Å². The van der Waals surface area contributed by atoms with Crippen LogP contribution in [0.1, 0.15) is 17.8 Å². The van der Waals surface area contributed by atoms with E-state index in [1.54, 1.807) is 18.5 Å². The number of rotatable bonds is 4. The highest BCUT2D eigenvalue weighted by Crippen LogP contribution is 2.35. The second kappa shape index (κ2) is 6.67. The molecule has 1 aromatic carbocycles. The van der Waals surface area contributed by atoms with E-state index >= 15 is 4.39 Å². The number of hydrogen-bond donors (Lipinski definition) is 0. The van der Waals surface area contributed by atoms with Crippen molar-refractivity contribution in [3.8, 4) is 11.5 Å². The molecule has 4 rings (SSSR count). The molecule has 1 atom stereocenters. The number of nitrogens with zero attached hydrogens (tertiary/aromatic N) is 4. The highest BCUT2D eigenvalue weighted by molar-refractivity contribution is 5.79. The number of halogens is 1. The predicted octanol–water partition coefficient (Wildman–Crippen LogP) is 2.77. The Morgan fingerprint density at radius 2 is 2.08 bits per heavy atom. The Bertz CT molecular complexity index is 900. The number of hydrogen-bond acceptors (Lipinski definition) is 5. The van der Waals surface area contributed by atoms with Gasteiger partial charge in [-0.1, -0.05) is 29.4 Å². The molecule has 6 nitrogen and oxygen atoms in total. The molecule has 1 saturated heterocycles. The number of likely N-dealkylation sites (tertiary alicyclic amines) is 1. The largest absolute Gasteiger partial charge is 0.339 e. The van der Waals surface area contributed by atoms with Gasteiger partial charge in [-0.05, 0) is 23.8 Å². The van der Waals surface area contributed by atoms with Gasteiger partial charge >= 0.3 is 0 Å². The van der Waals surface area contributed by atoms with Crippen molar-refractivity contribution in [3.05, 3.63) is 66.2 Å². The first-order chi connectivity index (χ1) is 12.6. The lowest BCUT2D eigenvalue weighted by Crippen LogP contribution is -2.33. The second-order valence-electron chi connectivity index (χ2n) is 6.36. The van der Waals surface area contributed by atoms with E-state index in [2.05, 4.69) is 15.1 Å². The van der Waals surface area contributed by atoms with Crippen molar-refractivity contribution in [1.82, 2.24) is 20.0 Å². The number of benzene rings is 1. The first kappa shape index (κ1) is 16.4. The van der Waals surface area contributed by atoms with Gasteiger partial charge in [-0.15, -0.1) is 0 Å². The lowest BCUT2D eigenvalue weighted by atomic mass is 10.1. The molecule has 0 radical (unpaired) electrons. The molecule has 0 aliphatic carbocycles. The van der Waals surface area contributed by atoms with Crippen molar-refractivity contribution in [2.75, 3.05) is 13.1 Å². The fraction of sp³-hybridized carbons (Fsp3) is 0.263. The highest BCUT2D eigenvalue weighted by Gasteiger charge is 2.45. The van der Waals surface area contributed by atoms with Crippen molar-refractivity contribution in [1.29, 1.82) is 0 Å². The van der Waals surface area contributed by atoms with Crippen LogP contribution in [0.4, 0.5) is 4.39 Å². The molecule has 1 aliphatic rings. The fourth-order valence-electron chi connectivity index (χ4n) is 3.06. The smallest absolute Gasteiger partial charge is 0.258 e. The topological polar surface area (TPSA) is 72.1 Å². The zero-order valence-corrected chi connectivity index (χ0v) is 14.0. The third kappa shape index (κ3) is 3.20. The van der Waals surface area contributed by atoms with E-state index in [9.17, 15) is 4.79 Å². The molecule has 1 fully saturated rings. The summed E-state index contributed by atoms with van der Waals surface area (Å²) < 4.78 is 20.5. The Morgan fingerprint density at radius 1 is 1.23 bits per heavy atom. The molecule has 1 unspecified atom stereocenters. The molecule has 7 heteroatoms. The molecule has 0 bridgehead atoms. The van der Waals surface area contributed by atoms with Gasteiger partial charge in [0.2, 0.25) is 11.7 Å². The summed E-state index contributed by atoms with van der Waals surface area (Å²) in [4.78, 5) is 22.1. The maximum atomic E-state index is 15.3. The van der Waals surface area contributed by atoms with Crippen LogP contribution in [0.25, 0.3) is 11.5 Å². The van der Waals surface area contributed by atoms with Gasteiger partial charge in [0.05, 0.1) is 13.0 Å². The van der Waals surface area contributed by atoms with Gasteiger partial charge in [-0.25, -0.2) is 4.39 Å². The molecular formula is C19H17FN4O2. The first-order valence-corrected chi connectivity index (χ1v) is 8.39. The molecular weight excluding hydrogens is 335 g/mol. The average Bonchev–Trinajstić information content (AvgIpc) is 3.32. The number of carbonyl (C=O) groups is 1. The summed E-state index contributed by atoms with van der Waals surface area (Å²) in [6.45, 7) is 0.255. The second-order valence-corrected chi connectivity index (χ2v) is 6.36. The molecule has 0 spiro atoms. The van der Waals surface area contributed by atoms with E-state index in [1.165, 1.54) is 4.90 Å². The van der Waals surface area contributed by atoms with E-state index in [1.807, 2.05) is 36.4 Å². The Morgan fingerprint density at radius 3 is 2.85 bits per heavy atom. The number of alkyl halides is 1. The van der Waals surface area contributed by atoms with Crippen molar-refractivity contribution < 1.29 is 13.7 Å². The molecule has 0 N–H and O–H groups in total. The highest BCUT2D eigenvalue weighted by atomic mass is 19.1. The molecule has 3 heterocycles. The molecule has 132 valence electrons. The van der Waals surface area contributed by atoms with Crippen molar-refractivity contribution in [2.45, 2.75) is 18.5 Å². The summed E-state index contributed by atoms with van der Waals surface area (Å²) in [6, 6.07) is 12.8. The van der Waals surface area contributed by atoms with Gasteiger partial charge in [0, 0.05) is 30.9 Å². The van der Waals surface area contributed by atoms with E-state index < -0.39 is 5.67 Å². The Hall–Kier alpha value is -3.09. The first-order valence-electron chi connectivity index (χ1n) is 8.39. The van der Waals surface area contributed by atoms with Gasteiger partial charge in [0.15, 0.2) is 5.67 Å². The minimum atomic E-state index is -1.79. The summed E-state index contributed by atoms with van der Waals surface area (Å²) in [5.41, 5.74) is -0.252. The Balaban J connectivity index is 1.47. The summed E-state index contributed by atoms with van der Waals surface area (Å²) in [5.74, 6) is 0.134. The van der Waals surface area contributed by atoms with Crippen LogP contribution in [0, 0.1) is 0 Å². The number of aromatic nitrogens is 3. The van der Waals surface area contributed by atoms with Crippen LogP contribution in [0.2, 0.25) is 0 Å². The van der Waals surface area contributed by atoms with E-state index in [-0.39, 0.29) is 37.0 Å². The zero-order valence-electron chi connectivity index (χ0n) is 14.0. The third-order valence-corrected chi connectivity index (χ3v) is 4.50. The molecule has 26 heavy (non-hydrogen) atoms. The summed E-state index contributed by atoms with van der Waals surface area (Å²) in [6.07, 6.45) is 3.64. The van der Waals surface area contributed by atoms with Gasteiger partial charge in [-0.2, -0.15) is 4.98 Å². The van der Waals surface area contributed by atoms with Crippen LogP contribution in [0.5, 0.6) is 0 Å². The summed E-state index contributed by atoms with van der Waals surface area (Å²) in [5, 5.41) is 3.82. The van der Waals surface area contributed by atoms with E-state index in [4.69, 9.17) is 4.52 Å². The summed E-state index contributed by atoms with van der Waals surface area (Å²) in [7, 11) is 0. The number of carbonyl (C=O) groups excluding carboxylic acids is 1. The molecule has 3 aromatic rings. The molecule has 0 saturated carbocycles. The van der Waals surface area contributed by atoms with Gasteiger partial charge in [0.25, 0.3) is 5.89 Å². The van der Waals surface area contributed by atoms with Crippen LogP contribution in [0.15, 0.2) is 59.4 Å². The van der Waals surface area contributed by atoms with Crippen LogP contribution in [-0.4, -0.2) is 39.0 Å². The monoisotopic (exact) mass is 352 g/mol. The van der Waals surface area contributed by atoms with Gasteiger partial charge in [0.1, 0.15) is 0 Å². The number of amides is 1. The van der Waals surface area contributed by atoms with Crippen LogP contribution >= 0.6 is 0 Å². The standard InChI is InChI=1S/C19H17FN4O2/c20-19(18-22-17(26-23-18)15-6-2-1-3-7-15)8-10-24(13-19)16(25)11-14-5-4-9-21-12-14/h1-7,9,12H,8,10-11,13H2. The fourth-order valence-corrected chi connectivity index (χ4v) is 3.06. The predicted molar refractivity (Wildman–Crippen MR) is 91.7 cm³/mol. The minimum Gasteiger partial charge on any atom is -0.339 e. The maximum absolute atomic E-state index is 15.3. The lowest BCUT2D eigenvalue weighted by molar-refractivity contribution is -0.130. The van der Waals surface area contributed by atoms with Crippen LogP contribution < -0.4 is 0 Å². The van der Waals surface area contributed by atoms with Crippen molar-refractivity contribution in [3.63, 3.8) is 0 Å². The van der Waals surface area contributed by atoms with E-state index in [0.29, 0.717) is 6.54 Å². The maximum Gasteiger partial charge on any atom is 0.258 e. The van der Waals surface area contributed by atoms with Crippen molar-refractivity contribution in [2.24, 2.45) is 0 Å². The van der Waals surface area contributed by atoms with Gasteiger partial charge < -0.3 is 9.42 Å².